The number of phenols is 1. The van der Waals surface area contributed by atoms with Gasteiger partial charge in [-0.1, -0.05) is 6.07 Å². The van der Waals surface area contributed by atoms with Crippen LogP contribution in [-0.4, -0.2) is 71.0 Å². The van der Waals surface area contributed by atoms with Gasteiger partial charge in [0.1, 0.15) is 6.10 Å². The molecule has 2 aliphatic heterocycles. The van der Waals surface area contributed by atoms with Crippen LogP contribution in [0.4, 0.5) is 0 Å². The number of nitrogens with zero attached hydrogens (tertiary/aromatic N) is 1. The average molecular weight is 457 g/mol. The highest BCUT2D eigenvalue weighted by atomic mass is 16.5. The lowest BCUT2D eigenvalue weighted by Crippen LogP contribution is -2.78. The molecule has 1 aromatic carbocycles. The summed E-state index contributed by atoms with van der Waals surface area (Å²) in [5, 5.41) is 26.1. The smallest absolute Gasteiger partial charge is 0.306 e. The van der Waals surface area contributed by atoms with Crippen LogP contribution < -0.4 is 10.1 Å². The van der Waals surface area contributed by atoms with Gasteiger partial charge in [0.05, 0.1) is 30.6 Å². The third-order valence-electron chi connectivity index (χ3n) is 8.89. The van der Waals surface area contributed by atoms with Crippen LogP contribution in [0.5, 0.6) is 11.5 Å². The second-order valence-corrected chi connectivity index (χ2v) is 10.6. The fraction of sp³-hybridized carbons (Fsp3) is 0.680. The second kappa shape index (κ2) is 7.34. The van der Waals surface area contributed by atoms with Gasteiger partial charge in [-0.3, -0.25) is 14.5 Å². The van der Waals surface area contributed by atoms with E-state index >= 15 is 0 Å². The van der Waals surface area contributed by atoms with Crippen LogP contribution in [0.2, 0.25) is 0 Å². The first-order valence-corrected chi connectivity index (χ1v) is 12.2. The summed E-state index contributed by atoms with van der Waals surface area (Å²) in [7, 11) is 1.31. The molecule has 3 fully saturated rings. The summed E-state index contributed by atoms with van der Waals surface area (Å²) >= 11 is 0. The molecule has 0 radical (unpaired) electrons. The first-order valence-electron chi connectivity index (χ1n) is 12.2. The van der Waals surface area contributed by atoms with Crippen molar-refractivity contribution in [1.29, 1.82) is 0 Å². The van der Waals surface area contributed by atoms with Crippen molar-refractivity contribution in [2.75, 3.05) is 20.2 Å². The molecule has 3 aliphatic carbocycles. The summed E-state index contributed by atoms with van der Waals surface area (Å²) in [5.74, 6) is 0.657. The molecule has 1 aromatic rings. The molecule has 1 spiro atoms. The molecule has 5 atom stereocenters. The van der Waals surface area contributed by atoms with E-state index in [0.29, 0.717) is 18.6 Å². The van der Waals surface area contributed by atoms with Gasteiger partial charge in [-0.25, -0.2) is 0 Å². The predicted octanol–water partition coefficient (Wildman–Crippen LogP) is 1.39. The Hall–Kier alpha value is -2.32. The Labute approximate surface area is 193 Å². The van der Waals surface area contributed by atoms with E-state index < -0.39 is 23.1 Å². The Morgan fingerprint density at radius 3 is 2.82 bits per heavy atom. The lowest BCUT2D eigenvalue weighted by molar-refractivity contribution is -0.192. The molecule has 1 amide bonds. The minimum Gasteiger partial charge on any atom is -0.504 e. The fourth-order valence-corrected chi connectivity index (χ4v) is 7.23. The number of carbonyl (C=O) groups is 2. The molecule has 0 unspecified atom stereocenters. The number of hydrogen-bond donors (Lipinski definition) is 3. The number of phenolic OH excluding ortho intramolecular Hbond substituents is 1. The van der Waals surface area contributed by atoms with Crippen LogP contribution >= 0.6 is 0 Å². The summed E-state index contributed by atoms with van der Waals surface area (Å²) in [4.78, 5) is 26.6. The van der Waals surface area contributed by atoms with E-state index in [-0.39, 0.29) is 36.6 Å². The number of benzene rings is 1. The number of aliphatic hydroxyl groups is 1. The van der Waals surface area contributed by atoms with E-state index in [1.54, 1.807) is 6.07 Å². The number of esters is 1. The van der Waals surface area contributed by atoms with Gasteiger partial charge >= 0.3 is 5.97 Å². The number of likely N-dealkylation sites (tertiary alicyclic amines) is 1. The Kier molecular flexibility index (Phi) is 4.72. The molecule has 8 heteroatoms. The highest BCUT2D eigenvalue weighted by Gasteiger charge is 2.73. The highest BCUT2D eigenvalue weighted by molar-refractivity contribution is 5.81. The number of carbonyl (C=O) groups excluding carboxylic acids is 2. The summed E-state index contributed by atoms with van der Waals surface area (Å²) < 4.78 is 11.1. The van der Waals surface area contributed by atoms with Gasteiger partial charge < -0.3 is 25.0 Å². The van der Waals surface area contributed by atoms with Crippen LogP contribution in [-0.2, 0) is 26.2 Å². The SMILES string of the molecule is COC(=O)CCC(=O)N[C@@H]1CC[C@@]2(O)[C@H]3Cc4ccc(O)c5c4[C@@]2(CCN3CC2CC2)[C@H]1O5. The zero-order valence-corrected chi connectivity index (χ0v) is 19.0. The van der Waals surface area contributed by atoms with Gasteiger partial charge in [-0.2, -0.15) is 0 Å². The van der Waals surface area contributed by atoms with Gasteiger partial charge in [0.2, 0.25) is 5.91 Å². The minimum atomic E-state index is -0.968. The van der Waals surface area contributed by atoms with Crippen LogP contribution in [0.15, 0.2) is 12.1 Å². The molecule has 2 bridgehead atoms. The number of ether oxygens (including phenoxy) is 2. The van der Waals surface area contributed by atoms with Gasteiger partial charge in [0, 0.05) is 24.6 Å². The number of amides is 1. The maximum absolute atomic E-state index is 12.7. The van der Waals surface area contributed by atoms with Crippen molar-refractivity contribution in [3.8, 4) is 11.5 Å². The number of rotatable bonds is 6. The van der Waals surface area contributed by atoms with E-state index in [2.05, 4.69) is 15.0 Å². The van der Waals surface area contributed by atoms with Crippen LogP contribution in [0, 0.1) is 5.92 Å². The number of nitrogens with one attached hydrogen (secondary N) is 1. The van der Waals surface area contributed by atoms with Crippen molar-refractivity contribution >= 4 is 11.9 Å². The lowest BCUT2D eigenvalue weighted by atomic mass is 9.48. The van der Waals surface area contributed by atoms with E-state index in [1.807, 2.05) is 6.07 Å². The molecule has 2 saturated carbocycles. The maximum Gasteiger partial charge on any atom is 0.306 e. The Morgan fingerprint density at radius 2 is 2.06 bits per heavy atom. The van der Waals surface area contributed by atoms with E-state index in [4.69, 9.17) is 4.74 Å². The van der Waals surface area contributed by atoms with Crippen LogP contribution in [0.3, 0.4) is 0 Å². The predicted molar refractivity (Wildman–Crippen MR) is 118 cm³/mol. The molecule has 8 nitrogen and oxygen atoms in total. The van der Waals surface area contributed by atoms with Crippen molar-refractivity contribution < 1.29 is 29.3 Å². The van der Waals surface area contributed by atoms with Crippen molar-refractivity contribution in [2.45, 2.75) is 80.6 Å². The van der Waals surface area contributed by atoms with E-state index in [9.17, 15) is 19.8 Å². The molecule has 2 heterocycles. The highest BCUT2D eigenvalue weighted by Crippen LogP contribution is 2.65. The molecule has 1 saturated heterocycles. The topological polar surface area (TPSA) is 108 Å². The Balaban J connectivity index is 1.35. The number of piperidine rings is 1. The number of hydrogen-bond acceptors (Lipinski definition) is 7. The largest absolute Gasteiger partial charge is 0.504 e. The molecular formula is C25H32N2O6. The van der Waals surface area contributed by atoms with Crippen molar-refractivity contribution in [3.63, 3.8) is 0 Å². The molecule has 3 N–H and O–H groups in total. The monoisotopic (exact) mass is 456 g/mol. The van der Waals surface area contributed by atoms with Crippen molar-refractivity contribution in [1.82, 2.24) is 10.2 Å². The summed E-state index contributed by atoms with van der Waals surface area (Å²) in [6, 6.07) is 3.38. The summed E-state index contributed by atoms with van der Waals surface area (Å²) in [6.45, 7) is 1.91. The molecule has 33 heavy (non-hydrogen) atoms. The summed E-state index contributed by atoms with van der Waals surface area (Å²) in [6.07, 6.45) is 4.80. The molecule has 178 valence electrons. The standard InChI is InChI=1S/C25H32N2O6/c1-32-20(30)7-6-19(29)26-16-8-9-25(31)18-12-15-4-5-17(28)22-21(15)24(25,23(16)33-22)10-11-27(18)13-14-2-3-14/h4-5,14,16,18,23,28,31H,2-3,6-13H2,1H3,(H,26,29)/t16-,18-,23+,24+,25-/m1/s1. The number of aromatic hydroxyl groups is 1. The lowest BCUT2D eigenvalue weighted by Gasteiger charge is -2.64. The van der Waals surface area contributed by atoms with Crippen molar-refractivity contribution in [2.24, 2.45) is 5.92 Å². The van der Waals surface area contributed by atoms with Gasteiger partial charge in [-0.05, 0) is 62.6 Å². The third kappa shape index (κ3) is 2.96. The molecular weight excluding hydrogens is 424 g/mol. The van der Waals surface area contributed by atoms with Crippen LogP contribution in [0.25, 0.3) is 0 Å². The zero-order chi connectivity index (χ0) is 23.0. The van der Waals surface area contributed by atoms with Crippen LogP contribution in [0.1, 0.15) is 56.1 Å². The normalized spacial score (nSPS) is 36.0. The fourth-order valence-electron chi connectivity index (χ4n) is 7.23. The third-order valence-corrected chi connectivity index (χ3v) is 8.89. The second-order valence-electron chi connectivity index (χ2n) is 10.6. The molecule has 0 aromatic heterocycles. The van der Waals surface area contributed by atoms with E-state index in [1.165, 1.54) is 20.0 Å². The first kappa shape index (κ1) is 21.2. The first-order chi connectivity index (χ1) is 15.9. The van der Waals surface area contributed by atoms with E-state index in [0.717, 1.165) is 43.0 Å². The Bertz CT molecular complexity index is 1010. The summed E-state index contributed by atoms with van der Waals surface area (Å²) in [5.41, 5.74) is 0.464. The maximum atomic E-state index is 12.7. The number of methoxy groups -OCH3 is 1. The van der Waals surface area contributed by atoms with Gasteiger partial charge in [-0.15, -0.1) is 0 Å². The quantitative estimate of drug-likeness (QED) is 0.555. The van der Waals surface area contributed by atoms with Gasteiger partial charge in [0.25, 0.3) is 0 Å². The zero-order valence-electron chi connectivity index (χ0n) is 19.0. The minimum absolute atomic E-state index is 0.0110. The average Bonchev–Trinajstić information content (AvgIpc) is 3.54. The van der Waals surface area contributed by atoms with Gasteiger partial charge in [0.15, 0.2) is 11.5 Å². The van der Waals surface area contributed by atoms with Crippen molar-refractivity contribution in [3.05, 3.63) is 23.3 Å². The molecule has 5 aliphatic rings. The Morgan fingerprint density at radius 1 is 1.24 bits per heavy atom. The molecule has 6 rings (SSSR count).